The van der Waals surface area contributed by atoms with E-state index in [-0.39, 0.29) is 0 Å². The van der Waals surface area contributed by atoms with Crippen LogP contribution in [0.2, 0.25) is 0 Å². The van der Waals surface area contributed by atoms with Crippen molar-refractivity contribution in [2.24, 2.45) is 0 Å². The summed E-state index contributed by atoms with van der Waals surface area (Å²) in [6.07, 6.45) is 2.38. The molecule has 4 heteroatoms. The summed E-state index contributed by atoms with van der Waals surface area (Å²) in [5.74, 6) is 0.973. The van der Waals surface area contributed by atoms with Crippen LogP contribution >= 0.6 is 24.1 Å². The Hall–Kier alpha value is 0.620. The average Bonchev–Trinajstić information content (AvgIpc) is 2.51. The monoisotopic (exact) mass is 152 g/mol. The van der Waals surface area contributed by atoms with Crippen molar-refractivity contribution in [1.82, 2.24) is 0 Å². The highest BCUT2D eigenvalue weighted by Gasteiger charge is 2.22. The van der Waals surface area contributed by atoms with E-state index in [9.17, 15) is 0 Å². The minimum atomic E-state index is 0.479. The first kappa shape index (κ1) is 6.74. The third-order valence-corrected chi connectivity index (χ3v) is 2.21. The van der Waals surface area contributed by atoms with E-state index in [1.807, 2.05) is 6.26 Å². The van der Waals surface area contributed by atoms with Crippen molar-refractivity contribution in [2.75, 3.05) is 18.6 Å². The molecule has 2 nitrogen and oxygen atoms in total. The fourth-order valence-electron chi connectivity index (χ4n) is 0.316. The molecular weight excluding hydrogens is 144 g/mol. The summed E-state index contributed by atoms with van der Waals surface area (Å²) in [6, 6.07) is 0. The molecule has 0 saturated carbocycles. The number of hydrogen-bond acceptors (Lipinski definition) is 4. The van der Waals surface area contributed by atoms with Gasteiger partial charge in [-0.25, -0.2) is 3.63 Å². The van der Waals surface area contributed by atoms with Crippen LogP contribution in [0, 0.1) is 0 Å². The molecule has 0 aliphatic carbocycles. The maximum atomic E-state index is 4.94. The van der Waals surface area contributed by atoms with Gasteiger partial charge in [-0.15, -0.1) is 0 Å². The zero-order valence-corrected chi connectivity index (χ0v) is 6.26. The van der Waals surface area contributed by atoms with Gasteiger partial charge in [-0.05, 0) is 0 Å². The molecule has 0 amide bonds. The van der Waals surface area contributed by atoms with Gasteiger partial charge in [0.05, 0.1) is 12.7 Å². The van der Waals surface area contributed by atoms with E-state index in [2.05, 4.69) is 0 Å². The summed E-state index contributed by atoms with van der Waals surface area (Å²) in [6.45, 7) is 0.921. The molecule has 0 aromatic carbocycles. The summed E-state index contributed by atoms with van der Waals surface area (Å²) in [5.41, 5.74) is 0. The Balaban J connectivity index is 1.74. The normalized spacial score (nSPS) is 25.9. The molecule has 0 aromatic rings. The van der Waals surface area contributed by atoms with Crippen LogP contribution in [0.5, 0.6) is 0 Å². The smallest absolute Gasteiger partial charge is 0.0922 e. The molecule has 0 aromatic heterocycles. The van der Waals surface area contributed by atoms with Gasteiger partial charge in [-0.3, -0.25) is 0 Å². The van der Waals surface area contributed by atoms with Gasteiger partial charge >= 0.3 is 0 Å². The lowest BCUT2D eigenvalue weighted by Crippen LogP contribution is -1.86. The predicted molar refractivity (Wildman–Crippen MR) is 36.8 cm³/mol. The Bertz CT molecular complexity index is 65.1. The maximum absolute atomic E-state index is 4.94. The quantitative estimate of drug-likeness (QED) is 0.344. The van der Waals surface area contributed by atoms with Gasteiger partial charge in [0.15, 0.2) is 0 Å². The maximum Gasteiger partial charge on any atom is 0.0922 e. The third-order valence-electron chi connectivity index (χ3n) is 0.772. The summed E-state index contributed by atoms with van der Waals surface area (Å²) in [7, 11) is 0. The van der Waals surface area contributed by atoms with Crippen molar-refractivity contribution in [2.45, 2.75) is 6.10 Å². The first-order chi connectivity index (χ1) is 3.93. The van der Waals surface area contributed by atoms with E-state index in [1.165, 1.54) is 24.1 Å². The zero-order valence-electron chi connectivity index (χ0n) is 4.62. The van der Waals surface area contributed by atoms with Crippen molar-refractivity contribution in [3.8, 4) is 0 Å². The molecular formula is C4H8O2S2. The van der Waals surface area contributed by atoms with Crippen LogP contribution < -0.4 is 0 Å². The van der Waals surface area contributed by atoms with E-state index in [0.717, 1.165) is 12.4 Å². The van der Waals surface area contributed by atoms with Crippen LogP contribution in [0.1, 0.15) is 0 Å². The average molecular weight is 152 g/mol. The molecule has 1 saturated heterocycles. The van der Waals surface area contributed by atoms with Gasteiger partial charge < -0.3 is 4.74 Å². The molecule has 1 rings (SSSR count). The first-order valence-corrected chi connectivity index (χ1v) is 4.43. The van der Waals surface area contributed by atoms with Crippen molar-refractivity contribution >= 4 is 24.1 Å². The van der Waals surface area contributed by atoms with Crippen molar-refractivity contribution < 1.29 is 8.37 Å². The highest BCUT2D eigenvalue weighted by Crippen LogP contribution is 2.19. The Morgan fingerprint density at radius 3 is 3.12 bits per heavy atom. The molecule has 48 valence electrons. The largest absolute Gasteiger partial charge is 0.372 e. The van der Waals surface area contributed by atoms with E-state index in [0.29, 0.717) is 6.10 Å². The predicted octanol–water partition coefficient (Wildman–Crippen LogP) is 1.33. The molecule has 1 aliphatic rings. The summed E-state index contributed by atoms with van der Waals surface area (Å²) in [4.78, 5) is 0. The van der Waals surface area contributed by atoms with Crippen LogP contribution in [-0.4, -0.2) is 24.7 Å². The van der Waals surface area contributed by atoms with Crippen molar-refractivity contribution in [3.63, 3.8) is 0 Å². The van der Waals surface area contributed by atoms with Crippen molar-refractivity contribution in [3.05, 3.63) is 0 Å². The molecule has 1 unspecified atom stereocenters. The standard InChI is InChI=1S/C4H8O2S2/c1-7-6-8-3-4-2-5-4/h4H,2-3H2,1H3. The molecule has 0 spiro atoms. The molecule has 1 atom stereocenters. The van der Waals surface area contributed by atoms with Gasteiger partial charge in [0.1, 0.15) is 0 Å². The van der Waals surface area contributed by atoms with Gasteiger partial charge in [0, 0.05) is 36.1 Å². The van der Waals surface area contributed by atoms with Gasteiger partial charge in [0.2, 0.25) is 0 Å². The van der Waals surface area contributed by atoms with Crippen LogP contribution in [-0.2, 0) is 8.37 Å². The number of epoxide rings is 1. The van der Waals surface area contributed by atoms with E-state index >= 15 is 0 Å². The van der Waals surface area contributed by atoms with Gasteiger partial charge in [-0.1, -0.05) is 0 Å². The Kier molecular flexibility index (Phi) is 3.04. The molecule has 1 fully saturated rings. The Morgan fingerprint density at radius 1 is 1.88 bits per heavy atom. The first-order valence-electron chi connectivity index (χ1n) is 2.37. The minimum Gasteiger partial charge on any atom is -0.372 e. The number of ether oxygens (including phenoxy) is 1. The molecule has 0 radical (unpaired) electrons. The molecule has 0 N–H and O–H groups in total. The highest BCUT2D eigenvalue weighted by molar-refractivity contribution is 8.07. The fraction of sp³-hybridized carbons (Fsp3) is 1.00. The van der Waals surface area contributed by atoms with Crippen LogP contribution in [0.3, 0.4) is 0 Å². The number of rotatable bonds is 4. The second-order valence-corrected chi connectivity index (χ2v) is 2.92. The summed E-state index contributed by atoms with van der Waals surface area (Å²) < 4.78 is 9.88. The van der Waals surface area contributed by atoms with Crippen molar-refractivity contribution in [1.29, 1.82) is 0 Å². The van der Waals surface area contributed by atoms with Gasteiger partial charge in [0.25, 0.3) is 0 Å². The summed E-state index contributed by atoms with van der Waals surface area (Å²) in [5, 5.41) is 0. The zero-order chi connectivity index (χ0) is 5.82. The second kappa shape index (κ2) is 3.61. The lowest BCUT2D eigenvalue weighted by atomic mass is 10.6. The fourth-order valence-corrected chi connectivity index (χ4v) is 1.27. The summed E-state index contributed by atoms with van der Waals surface area (Å²) >= 11 is 2.84. The van der Waals surface area contributed by atoms with Crippen LogP contribution in [0.25, 0.3) is 0 Å². The Morgan fingerprint density at radius 2 is 2.62 bits per heavy atom. The van der Waals surface area contributed by atoms with Gasteiger partial charge in [-0.2, -0.15) is 0 Å². The third kappa shape index (κ3) is 2.81. The van der Waals surface area contributed by atoms with E-state index < -0.39 is 0 Å². The molecule has 0 bridgehead atoms. The lowest BCUT2D eigenvalue weighted by Gasteiger charge is -1.91. The topological polar surface area (TPSA) is 21.8 Å². The van der Waals surface area contributed by atoms with E-state index in [1.54, 1.807) is 0 Å². The SMILES string of the molecule is CSOSCC1CO1. The Labute approximate surface area is 57.7 Å². The highest BCUT2D eigenvalue weighted by atomic mass is 32.2. The second-order valence-electron chi connectivity index (χ2n) is 1.47. The molecule has 8 heavy (non-hydrogen) atoms. The lowest BCUT2D eigenvalue weighted by molar-refractivity contribution is 0.425. The minimum absolute atomic E-state index is 0.479. The molecule has 1 heterocycles. The van der Waals surface area contributed by atoms with Crippen LogP contribution in [0.4, 0.5) is 0 Å². The molecule has 1 aliphatic heterocycles. The van der Waals surface area contributed by atoms with E-state index in [4.69, 9.17) is 8.37 Å². The van der Waals surface area contributed by atoms with Crippen LogP contribution in [0.15, 0.2) is 0 Å². The number of hydrogen-bond donors (Lipinski definition) is 0.